The van der Waals surface area contributed by atoms with E-state index in [1.807, 2.05) is 0 Å². The lowest BCUT2D eigenvalue weighted by Crippen LogP contribution is -2.16. The topological polar surface area (TPSA) is 39.2 Å². The van der Waals surface area contributed by atoms with Crippen LogP contribution >= 0.6 is 11.6 Å². The molecule has 3 nitrogen and oxygen atoms in total. The highest BCUT2D eigenvalue weighted by atomic mass is 35.5. The van der Waals surface area contributed by atoms with Crippen LogP contribution in [0.4, 0.5) is 22.0 Å². The molecule has 1 aromatic heterocycles. The van der Waals surface area contributed by atoms with E-state index < -0.39 is 40.5 Å². The first-order valence-corrected chi connectivity index (χ1v) is 4.70. The van der Waals surface area contributed by atoms with Crippen LogP contribution in [0, 0.1) is 0 Å². The predicted octanol–water partition coefficient (Wildman–Crippen LogP) is 3.48. The number of hydrogen-bond acceptors (Lipinski definition) is 3. The first-order chi connectivity index (χ1) is 8.18. The summed E-state index contributed by atoms with van der Waals surface area (Å²) in [6, 6.07) is 0.232. The number of nitrogens with zero attached hydrogens (tertiary/aromatic N) is 1. The van der Waals surface area contributed by atoms with Crippen LogP contribution in [0.3, 0.4) is 0 Å². The fraction of sp³-hybridized carbons (Fsp3) is 0.333. The van der Waals surface area contributed by atoms with Gasteiger partial charge in [-0.05, 0) is 6.07 Å². The molecule has 0 aliphatic carbocycles. The van der Waals surface area contributed by atoms with Crippen LogP contribution in [0.5, 0.6) is 0 Å². The van der Waals surface area contributed by atoms with Gasteiger partial charge in [0.15, 0.2) is 5.69 Å². The minimum atomic E-state index is -4.91. The molecule has 0 aliphatic heterocycles. The fourth-order valence-corrected chi connectivity index (χ4v) is 1.40. The Morgan fingerprint density at radius 1 is 1.44 bits per heavy atom. The molecule has 0 spiro atoms. The Morgan fingerprint density at radius 3 is 2.39 bits per heavy atom. The van der Waals surface area contributed by atoms with Gasteiger partial charge in [-0.25, -0.2) is 18.6 Å². The van der Waals surface area contributed by atoms with Crippen molar-refractivity contribution in [3.63, 3.8) is 0 Å². The van der Waals surface area contributed by atoms with Crippen LogP contribution in [-0.4, -0.2) is 18.1 Å². The number of carbonyl (C=O) groups excluding carboxylic acids is 1. The number of rotatable bonds is 2. The molecule has 0 aromatic carbocycles. The quantitative estimate of drug-likeness (QED) is 0.618. The minimum absolute atomic E-state index is 0.232. The molecule has 9 heteroatoms. The number of carbonyl (C=O) groups is 1. The number of halogens is 6. The summed E-state index contributed by atoms with van der Waals surface area (Å²) in [5, 5.41) is -0.896. The number of hydrogen-bond donors (Lipinski definition) is 0. The molecule has 1 aromatic rings. The van der Waals surface area contributed by atoms with Gasteiger partial charge in [0.2, 0.25) is 0 Å². The monoisotopic (exact) mass is 289 g/mol. The van der Waals surface area contributed by atoms with E-state index in [2.05, 4.69) is 9.72 Å². The van der Waals surface area contributed by atoms with Crippen LogP contribution in [0.1, 0.15) is 28.2 Å². The van der Waals surface area contributed by atoms with E-state index in [1.54, 1.807) is 0 Å². The van der Waals surface area contributed by atoms with Crippen molar-refractivity contribution in [1.29, 1.82) is 0 Å². The van der Waals surface area contributed by atoms with E-state index >= 15 is 0 Å². The largest absolute Gasteiger partial charge is 0.464 e. The maximum Gasteiger partial charge on any atom is 0.433 e. The van der Waals surface area contributed by atoms with Crippen LogP contribution < -0.4 is 0 Å². The standard InChI is InChI=1S/C9H5ClF5NO2/c1-18-8(17)6-5(7(11)12)3(10)2-4(16-6)9(13,14)15/h2,7H,1H3. The smallest absolute Gasteiger partial charge is 0.433 e. The first-order valence-electron chi connectivity index (χ1n) is 4.32. The van der Waals surface area contributed by atoms with E-state index in [1.165, 1.54) is 0 Å². The van der Waals surface area contributed by atoms with Crippen LogP contribution in [0.15, 0.2) is 6.07 Å². The van der Waals surface area contributed by atoms with Gasteiger partial charge in [0.1, 0.15) is 5.69 Å². The summed E-state index contributed by atoms with van der Waals surface area (Å²) in [6.45, 7) is 0. The van der Waals surface area contributed by atoms with Crippen molar-refractivity contribution in [3.8, 4) is 0 Å². The van der Waals surface area contributed by atoms with Crippen LogP contribution in [0.2, 0.25) is 5.02 Å². The Balaban J connectivity index is 3.52. The molecule has 0 aliphatic rings. The van der Waals surface area contributed by atoms with E-state index in [4.69, 9.17) is 11.6 Å². The second kappa shape index (κ2) is 5.05. The number of aromatic nitrogens is 1. The summed E-state index contributed by atoms with van der Waals surface area (Å²) in [7, 11) is 0.827. The van der Waals surface area contributed by atoms with Gasteiger partial charge in [0, 0.05) is 0 Å². The van der Waals surface area contributed by atoms with Crippen molar-refractivity contribution in [3.05, 3.63) is 28.0 Å². The van der Waals surface area contributed by atoms with Crippen LogP contribution in [0.25, 0.3) is 0 Å². The van der Waals surface area contributed by atoms with Crippen molar-refractivity contribution < 1.29 is 31.5 Å². The second-order valence-corrected chi connectivity index (χ2v) is 3.45. The third kappa shape index (κ3) is 2.87. The maximum absolute atomic E-state index is 12.6. The molecule has 0 saturated carbocycles. The Hall–Kier alpha value is -1.44. The average Bonchev–Trinajstić information content (AvgIpc) is 2.25. The molecule has 0 bridgehead atoms. The van der Waals surface area contributed by atoms with Crippen molar-refractivity contribution in [2.24, 2.45) is 0 Å². The summed E-state index contributed by atoms with van der Waals surface area (Å²) in [5.41, 5.74) is -3.78. The van der Waals surface area contributed by atoms with Crippen LogP contribution in [-0.2, 0) is 10.9 Å². The second-order valence-electron chi connectivity index (χ2n) is 3.04. The Morgan fingerprint density at radius 2 is 2.00 bits per heavy atom. The van der Waals surface area contributed by atoms with Crippen molar-refractivity contribution in [2.75, 3.05) is 7.11 Å². The Kier molecular flexibility index (Phi) is 4.10. The van der Waals surface area contributed by atoms with Gasteiger partial charge in [0.25, 0.3) is 6.43 Å². The van der Waals surface area contributed by atoms with Gasteiger partial charge in [0.05, 0.1) is 17.7 Å². The van der Waals surface area contributed by atoms with E-state index in [0.29, 0.717) is 0 Å². The van der Waals surface area contributed by atoms with Gasteiger partial charge >= 0.3 is 12.1 Å². The molecule has 1 rings (SSSR count). The minimum Gasteiger partial charge on any atom is -0.464 e. The third-order valence-electron chi connectivity index (χ3n) is 1.90. The summed E-state index contributed by atoms with van der Waals surface area (Å²) in [4.78, 5) is 14.0. The average molecular weight is 290 g/mol. The highest BCUT2D eigenvalue weighted by molar-refractivity contribution is 6.31. The molecule has 1 heterocycles. The van der Waals surface area contributed by atoms with Gasteiger partial charge in [-0.2, -0.15) is 13.2 Å². The van der Waals surface area contributed by atoms with Gasteiger partial charge in [-0.15, -0.1) is 0 Å². The van der Waals surface area contributed by atoms with Gasteiger partial charge < -0.3 is 4.74 Å². The third-order valence-corrected chi connectivity index (χ3v) is 2.21. The highest BCUT2D eigenvalue weighted by Crippen LogP contribution is 2.35. The van der Waals surface area contributed by atoms with E-state index in [0.717, 1.165) is 7.11 Å². The summed E-state index contributed by atoms with van der Waals surface area (Å²) in [6.07, 6.45) is -8.16. The van der Waals surface area contributed by atoms with Gasteiger partial charge in [-0.1, -0.05) is 11.6 Å². The zero-order chi connectivity index (χ0) is 14.1. The molecule has 18 heavy (non-hydrogen) atoms. The van der Waals surface area contributed by atoms with Gasteiger partial charge in [-0.3, -0.25) is 0 Å². The molecular formula is C9H5ClF5NO2. The Labute approximate surface area is 103 Å². The van der Waals surface area contributed by atoms with E-state index in [-0.39, 0.29) is 6.07 Å². The molecule has 100 valence electrons. The lowest BCUT2D eigenvalue weighted by molar-refractivity contribution is -0.141. The number of ether oxygens (including phenoxy) is 1. The van der Waals surface area contributed by atoms with Crippen molar-refractivity contribution >= 4 is 17.6 Å². The molecule has 0 atom stereocenters. The number of esters is 1. The molecule has 0 radical (unpaired) electrons. The molecule has 0 N–H and O–H groups in total. The molecule has 0 unspecified atom stereocenters. The lowest BCUT2D eigenvalue weighted by atomic mass is 10.1. The summed E-state index contributed by atoms with van der Waals surface area (Å²) in [5.74, 6) is -1.42. The van der Waals surface area contributed by atoms with E-state index in [9.17, 15) is 26.7 Å². The number of pyridine rings is 1. The highest BCUT2D eigenvalue weighted by Gasteiger charge is 2.36. The number of methoxy groups -OCH3 is 1. The fourth-order valence-electron chi connectivity index (χ4n) is 1.13. The molecular weight excluding hydrogens is 285 g/mol. The number of alkyl halides is 5. The summed E-state index contributed by atoms with van der Waals surface area (Å²) >= 11 is 5.31. The predicted molar refractivity (Wildman–Crippen MR) is 50.5 cm³/mol. The molecule has 0 amide bonds. The van der Waals surface area contributed by atoms with Crippen molar-refractivity contribution in [2.45, 2.75) is 12.6 Å². The molecule has 0 fully saturated rings. The Bertz CT molecular complexity index is 475. The summed E-state index contributed by atoms with van der Waals surface area (Å²) < 4.78 is 66.5. The normalized spacial score (nSPS) is 11.8. The SMILES string of the molecule is COC(=O)c1nc(C(F)(F)F)cc(Cl)c1C(F)F. The zero-order valence-electron chi connectivity index (χ0n) is 8.69. The first kappa shape index (κ1) is 14.6. The zero-order valence-corrected chi connectivity index (χ0v) is 9.44. The lowest BCUT2D eigenvalue weighted by Gasteiger charge is -2.12. The maximum atomic E-state index is 12.6. The molecule has 0 saturated heterocycles. The van der Waals surface area contributed by atoms with Crippen molar-refractivity contribution in [1.82, 2.24) is 4.98 Å².